The molecule has 0 saturated carbocycles. The van der Waals surface area contributed by atoms with Crippen molar-refractivity contribution >= 4 is 23.2 Å². The van der Waals surface area contributed by atoms with Gasteiger partial charge in [-0.1, -0.05) is 23.2 Å². The van der Waals surface area contributed by atoms with Gasteiger partial charge in [-0.3, -0.25) is 0 Å². The standard InChI is InChI=1S/C7H6Cl2O2/c8-5-1-4(3-10)7(11)6(9)2-5/h1-2,10-11H,3H2. The summed E-state index contributed by atoms with van der Waals surface area (Å²) < 4.78 is 0. The van der Waals surface area contributed by atoms with Crippen molar-refractivity contribution in [3.05, 3.63) is 27.7 Å². The fraction of sp³-hybridized carbons (Fsp3) is 0.143. The van der Waals surface area contributed by atoms with Crippen LogP contribution in [0.1, 0.15) is 5.56 Å². The Hall–Kier alpha value is -0.440. The zero-order valence-corrected chi connectivity index (χ0v) is 7.02. The lowest BCUT2D eigenvalue weighted by Crippen LogP contribution is -1.84. The molecule has 0 radical (unpaired) electrons. The molecule has 0 atom stereocenters. The van der Waals surface area contributed by atoms with E-state index in [2.05, 4.69) is 0 Å². The number of aromatic hydroxyl groups is 1. The first-order valence-electron chi connectivity index (χ1n) is 2.93. The second-order valence-electron chi connectivity index (χ2n) is 2.05. The zero-order chi connectivity index (χ0) is 8.43. The van der Waals surface area contributed by atoms with Crippen LogP contribution in [0.15, 0.2) is 12.1 Å². The number of aliphatic hydroxyl groups is 1. The molecule has 11 heavy (non-hydrogen) atoms. The summed E-state index contributed by atoms with van der Waals surface area (Å²) in [5.74, 6) is -0.112. The number of halogens is 2. The van der Waals surface area contributed by atoms with Gasteiger partial charge in [-0.2, -0.15) is 0 Å². The highest BCUT2D eigenvalue weighted by Crippen LogP contribution is 2.30. The van der Waals surface area contributed by atoms with Crippen LogP contribution in [0, 0.1) is 0 Å². The first-order valence-corrected chi connectivity index (χ1v) is 3.68. The van der Waals surface area contributed by atoms with Gasteiger partial charge >= 0.3 is 0 Å². The Labute approximate surface area is 74.0 Å². The van der Waals surface area contributed by atoms with Gasteiger partial charge in [-0.25, -0.2) is 0 Å². The Morgan fingerprint density at radius 3 is 2.45 bits per heavy atom. The van der Waals surface area contributed by atoms with Crippen molar-refractivity contribution in [3.63, 3.8) is 0 Å². The number of aliphatic hydroxyl groups excluding tert-OH is 1. The maximum atomic E-state index is 9.17. The Kier molecular flexibility index (Phi) is 2.60. The fourth-order valence-electron chi connectivity index (χ4n) is 0.740. The van der Waals surface area contributed by atoms with E-state index in [-0.39, 0.29) is 17.4 Å². The molecule has 0 saturated heterocycles. The highest BCUT2D eigenvalue weighted by molar-refractivity contribution is 6.35. The van der Waals surface area contributed by atoms with Gasteiger partial charge in [0.1, 0.15) is 5.75 Å². The van der Waals surface area contributed by atoms with Gasteiger partial charge in [-0.05, 0) is 12.1 Å². The van der Waals surface area contributed by atoms with Crippen molar-refractivity contribution in [2.75, 3.05) is 0 Å². The second-order valence-corrected chi connectivity index (χ2v) is 2.90. The van der Waals surface area contributed by atoms with Crippen molar-refractivity contribution in [2.45, 2.75) is 6.61 Å². The number of hydrogen-bond donors (Lipinski definition) is 2. The topological polar surface area (TPSA) is 40.5 Å². The highest BCUT2D eigenvalue weighted by atomic mass is 35.5. The SMILES string of the molecule is OCc1cc(Cl)cc(Cl)c1O. The lowest BCUT2D eigenvalue weighted by atomic mass is 10.2. The minimum Gasteiger partial charge on any atom is -0.506 e. The summed E-state index contributed by atoms with van der Waals surface area (Å²) in [7, 11) is 0. The maximum absolute atomic E-state index is 9.17. The molecule has 0 aliphatic rings. The second kappa shape index (κ2) is 3.30. The minimum absolute atomic E-state index is 0.112. The molecule has 0 bridgehead atoms. The van der Waals surface area contributed by atoms with E-state index in [1.807, 2.05) is 0 Å². The molecule has 60 valence electrons. The zero-order valence-electron chi connectivity index (χ0n) is 5.51. The smallest absolute Gasteiger partial charge is 0.139 e. The third-order valence-corrected chi connectivity index (χ3v) is 1.78. The van der Waals surface area contributed by atoms with E-state index in [1.165, 1.54) is 12.1 Å². The lowest BCUT2D eigenvalue weighted by molar-refractivity contribution is 0.275. The quantitative estimate of drug-likeness (QED) is 0.717. The minimum atomic E-state index is -0.272. The largest absolute Gasteiger partial charge is 0.506 e. The van der Waals surface area contributed by atoms with Crippen LogP contribution < -0.4 is 0 Å². The molecule has 0 spiro atoms. The van der Waals surface area contributed by atoms with Crippen LogP contribution in [0.25, 0.3) is 0 Å². The molecule has 0 amide bonds. The van der Waals surface area contributed by atoms with E-state index < -0.39 is 0 Å². The van der Waals surface area contributed by atoms with Crippen molar-refractivity contribution in [3.8, 4) is 5.75 Å². The van der Waals surface area contributed by atoms with E-state index in [0.717, 1.165) is 0 Å². The fourth-order valence-corrected chi connectivity index (χ4v) is 1.28. The Bertz CT molecular complexity index is 273. The van der Waals surface area contributed by atoms with Gasteiger partial charge in [0, 0.05) is 10.6 Å². The molecule has 1 aromatic carbocycles. The van der Waals surface area contributed by atoms with E-state index in [9.17, 15) is 5.11 Å². The maximum Gasteiger partial charge on any atom is 0.139 e. The normalized spacial score (nSPS) is 10.1. The number of rotatable bonds is 1. The summed E-state index contributed by atoms with van der Waals surface area (Å²) in [6.45, 7) is -0.272. The average Bonchev–Trinajstić information content (AvgIpc) is 1.96. The molecule has 0 unspecified atom stereocenters. The van der Waals surface area contributed by atoms with Gasteiger partial charge in [0.2, 0.25) is 0 Å². The van der Waals surface area contributed by atoms with Crippen LogP contribution in [0.5, 0.6) is 5.75 Å². The monoisotopic (exact) mass is 192 g/mol. The van der Waals surface area contributed by atoms with Crippen LogP contribution in [0.3, 0.4) is 0 Å². The summed E-state index contributed by atoms with van der Waals surface area (Å²) in [4.78, 5) is 0. The van der Waals surface area contributed by atoms with E-state index >= 15 is 0 Å². The van der Waals surface area contributed by atoms with Crippen LogP contribution >= 0.6 is 23.2 Å². The first kappa shape index (κ1) is 8.65. The molecule has 0 aliphatic heterocycles. The molecule has 2 N–H and O–H groups in total. The predicted molar refractivity (Wildman–Crippen MR) is 44.0 cm³/mol. The molecule has 1 aromatic rings. The van der Waals surface area contributed by atoms with Crippen molar-refractivity contribution in [2.24, 2.45) is 0 Å². The van der Waals surface area contributed by atoms with Crippen LogP contribution in [0.4, 0.5) is 0 Å². The van der Waals surface area contributed by atoms with E-state index in [4.69, 9.17) is 28.3 Å². The van der Waals surface area contributed by atoms with E-state index in [1.54, 1.807) is 0 Å². The molecule has 0 aromatic heterocycles. The highest BCUT2D eigenvalue weighted by Gasteiger charge is 2.05. The van der Waals surface area contributed by atoms with Gasteiger partial charge in [0.15, 0.2) is 0 Å². The molecule has 0 heterocycles. The van der Waals surface area contributed by atoms with Crippen molar-refractivity contribution in [1.82, 2.24) is 0 Å². The van der Waals surface area contributed by atoms with Crippen molar-refractivity contribution < 1.29 is 10.2 Å². The van der Waals surface area contributed by atoms with E-state index in [0.29, 0.717) is 10.6 Å². The molecule has 1 rings (SSSR count). The summed E-state index contributed by atoms with van der Waals surface area (Å²) in [6.07, 6.45) is 0. The Balaban J connectivity index is 3.24. The van der Waals surface area contributed by atoms with Gasteiger partial charge in [-0.15, -0.1) is 0 Å². The number of hydrogen-bond acceptors (Lipinski definition) is 2. The number of benzene rings is 1. The third kappa shape index (κ3) is 1.77. The third-order valence-electron chi connectivity index (χ3n) is 1.28. The summed E-state index contributed by atoms with van der Waals surface area (Å²) in [5.41, 5.74) is 0.336. The molecular weight excluding hydrogens is 187 g/mol. The van der Waals surface area contributed by atoms with Crippen LogP contribution in [-0.2, 0) is 6.61 Å². The van der Waals surface area contributed by atoms with Crippen LogP contribution in [-0.4, -0.2) is 10.2 Å². The first-order chi connectivity index (χ1) is 5.15. The van der Waals surface area contributed by atoms with Gasteiger partial charge < -0.3 is 10.2 Å². The molecule has 0 aliphatic carbocycles. The summed E-state index contributed by atoms with van der Waals surface area (Å²) in [6, 6.07) is 2.88. The lowest BCUT2D eigenvalue weighted by Gasteiger charge is -2.02. The number of phenols is 1. The summed E-state index contributed by atoms with van der Waals surface area (Å²) in [5, 5.41) is 18.4. The van der Waals surface area contributed by atoms with Crippen LogP contribution in [0.2, 0.25) is 10.0 Å². The Morgan fingerprint density at radius 1 is 1.27 bits per heavy atom. The molecule has 0 fully saturated rings. The summed E-state index contributed by atoms with van der Waals surface area (Å²) >= 11 is 11.1. The van der Waals surface area contributed by atoms with Gasteiger partial charge in [0.05, 0.1) is 11.6 Å². The van der Waals surface area contributed by atoms with Gasteiger partial charge in [0.25, 0.3) is 0 Å². The average molecular weight is 193 g/mol. The molecule has 2 nitrogen and oxygen atoms in total. The molecule has 4 heteroatoms. The Morgan fingerprint density at radius 2 is 1.91 bits per heavy atom. The predicted octanol–water partition coefficient (Wildman–Crippen LogP) is 2.19. The molecular formula is C7H6Cl2O2. The van der Waals surface area contributed by atoms with Crippen molar-refractivity contribution in [1.29, 1.82) is 0 Å².